The lowest BCUT2D eigenvalue weighted by molar-refractivity contribution is 0.480. The van der Waals surface area contributed by atoms with Crippen molar-refractivity contribution >= 4 is 12.6 Å². The third kappa shape index (κ3) is 8.25. The van der Waals surface area contributed by atoms with Crippen molar-refractivity contribution in [2.24, 2.45) is 5.92 Å². The molecule has 0 rings (SSSR count). The van der Waals surface area contributed by atoms with E-state index in [0.717, 1.165) is 11.7 Å². The number of hydrogen-bond donors (Lipinski definition) is 0. The first-order valence-corrected chi connectivity index (χ1v) is 5.47. The topological polar surface area (TPSA) is 0 Å². The molecule has 0 aromatic heterocycles. The summed E-state index contributed by atoms with van der Waals surface area (Å²) in [6.45, 7) is 4.57. The van der Waals surface area contributed by atoms with E-state index in [9.17, 15) is 0 Å². The van der Waals surface area contributed by atoms with E-state index in [1.165, 1.54) is 38.5 Å². The van der Waals surface area contributed by atoms with Crippen molar-refractivity contribution in [3.05, 3.63) is 0 Å². The van der Waals surface area contributed by atoms with Gasteiger partial charge >= 0.3 is 0 Å². The summed E-state index contributed by atoms with van der Waals surface area (Å²) in [5.41, 5.74) is 0. The van der Waals surface area contributed by atoms with Crippen LogP contribution in [0.3, 0.4) is 0 Å². The molecule has 1 radical (unpaired) electrons. The monoisotopic (exact) mass is 173 g/mol. The summed E-state index contributed by atoms with van der Waals surface area (Å²) >= 11 is 4.93. The summed E-state index contributed by atoms with van der Waals surface area (Å²) in [4.78, 5) is 0. The van der Waals surface area contributed by atoms with Crippen molar-refractivity contribution in [2.75, 3.05) is 5.75 Å². The lowest BCUT2D eigenvalue weighted by atomic mass is 10.0. The van der Waals surface area contributed by atoms with Crippen LogP contribution in [0.25, 0.3) is 0 Å². The van der Waals surface area contributed by atoms with Gasteiger partial charge in [-0.2, -0.15) is 0 Å². The van der Waals surface area contributed by atoms with E-state index in [1.54, 1.807) is 0 Å². The fraction of sp³-hybridized carbons (Fsp3) is 1.00. The highest BCUT2D eigenvalue weighted by molar-refractivity contribution is 7.80. The van der Waals surface area contributed by atoms with E-state index in [2.05, 4.69) is 13.8 Å². The normalized spacial score (nSPS) is 13.4. The molecule has 0 aliphatic carbocycles. The molecular weight excluding hydrogens is 152 g/mol. The van der Waals surface area contributed by atoms with Crippen LogP contribution in [0, 0.1) is 5.92 Å². The second-order valence-electron chi connectivity index (χ2n) is 3.45. The van der Waals surface area contributed by atoms with Crippen LogP contribution < -0.4 is 0 Å². The summed E-state index contributed by atoms with van der Waals surface area (Å²) in [6.07, 6.45) is 8.19. The van der Waals surface area contributed by atoms with Crippen molar-refractivity contribution < 1.29 is 0 Å². The van der Waals surface area contributed by atoms with E-state index < -0.39 is 0 Å². The minimum absolute atomic E-state index is 0.865. The first-order valence-electron chi connectivity index (χ1n) is 4.89. The summed E-state index contributed by atoms with van der Waals surface area (Å²) in [6, 6.07) is 0. The molecule has 67 valence electrons. The number of unbranched alkanes of at least 4 members (excludes halogenated alkanes) is 3. The zero-order chi connectivity index (χ0) is 8.53. The van der Waals surface area contributed by atoms with Gasteiger partial charge in [-0.1, -0.05) is 58.6 Å². The molecule has 11 heavy (non-hydrogen) atoms. The van der Waals surface area contributed by atoms with Crippen LogP contribution in [0.1, 0.15) is 52.4 Å². The Morgan fingerprint density at radius 3 is 2.36 bits per heavy atom. The van der Waals surface area contributed by atoms with Gasteiger partial charge in [0.05, 0.1) is 0 Å². The second kappa shape index (κ2) is 8.45. The Hall–Kier alpha value is 0.350. The van der Waals surface area contributed by atoms with Gasteiger partial charge in [-0.3, -0.25) is 0 Å². The fourth-order valence-electron chi connectivity index (χ4n) is 1.27. The zero-order valence-electron chi connectivity index (χ0n) is 7.94. The van der Waals surface area contributed by atoms with Crippen molar-refractivity contribution in [3.8, 4) is 0 Å². The minimum atomic E-state index is 0.865. The molecule has 0 spiro atoms. The third-order valence-electron chi connectivity index (χ3n) is 2.16. The average molecular weight is 173 g/mol. The van der Waals surface area contributed by atoms with E-state index in [-0.39, 0.29) is 0 Å². The van der Waals surface area contributed by atoms with Gasteiger partial charge < -0.3 is 0 Å². The summed E-state index contributed by atoms with van der Waals surface area (Å²) in [5, 5.41) is 0. The molecule has 0 aromatic carbocycles. The van der Waals surface area contributed by atoms with Gasteiger partial charge in [0.1, 0.15) is 0 Å². The molecule has 0 fully saturated rings. The predicted octanol–water partition coefficient (Wildman–Crippen LogP) is 4.18. The second-order valence-corrected chi connectivity index (χ2v) is 3.86. The van der Waals surface area contributed by atoms with Gasteiger partial charge in [0.15, 0.2) is 0 Å². The van der Waals surface area contributed by atoms with Crippen LogP contribution in [0.2, 0.25) is 0 Å². The van der Waals surface area contributed by atoms with Crippen LogP contribution >= 0.6 is 12.6 Å². The number of hydrogen-bond acceptors (Lipinski definition) is 0. The molecule has 0 saturated carbocycles. The quantitative estimate of drug-likeness (QED) is 0.507. The molecule has 0 saturated heterocycles. The molecule has 0 aromatic rings. The molecular formula is C10H21S. The van der Waals surface area contributed by atoms with Crippen LogP contribution in [-0.4, -0.2) is 5.75 Å². The van der Waals surface area contributed by atoms with E-state index in [0.29, 0.717) is 0 Å². The minimum Gasteiger partial charge on any atom is -0.0941 e. The van der Waals surface area contributed by atoms with E-state index in [4.69, 9.17) is 12.6 Å². The molecule has 0 N–H and O–H groups in total. The standard InChI is InChI=1S/C10H21S/c1-3-4-5-6-7-10(2)8-9-11/h10H,3-9H2,1-2H3. The lowest BCUT2D eigenvalue weighted by Gasteiger charge is -2.07. The molecule has 0 heterocycles. The van der Waals surface area contributed by atoms with Crippen LogP contribution in [-0.2, 0) is 0 Å². The van der Waals surface area contributed by atoms with Crippen molar-refractivity contribution in [1.29, 1.82) is 0 Å². The lowest BCUT2D eigenvalue weighted by Crippen LogP contribution is -1.95. The maximum absolute atomic E-state index is 4.93. The summed E-state index contributed by atoms with van der Waals surface area (Å²) in [7, 11) is 0. The molecule has 0 amide bonds. The first-order chi connectivity index (χ1) is 5.31. The maximum atomic E-state index is 4.93. The Kier molecular flexibility index (Phi) is 8.72. The highest BCUT2D eigenvalue weighted by Crippen LogP contribution is 2.13. The van der Waals surface area contributed by atoms with Gasteiger partial charge in [-0.25, -0.2) is 0 Å². The van der Waals surface area contributed by atoms with Gasteiger partial charge in [-0.15, -0.1) is 0 Å². The van der Waals surface area contributed by atoms with Gasteiger partial charge in [0, 0.05) is 5.75 Å². The molecule has 1 unspecified atom stereocenters. The SMILES string of the molecule is CCCCCCC(C)CC[S]. The summed E-state index contributed by atoms with van der Waals surface area (Å²) in [5.74, 6) is 1.80. The molecule has 0 aliphatic rings. The van der Waals surface area contributed by atoms with Crippen molar-refractivity contribution in [1.82, 2.24) is 0 Å². The van der Waals surface area contributed by atoms with Gasteiger partial charge in [-0.05, 0) is 12.3 Å². The Morgan fingerprint density at radius 2 is 1.82 bits per heavy atom. The third-order valence-corrected chi connectivity index (χ3v) is 2.40. The average Bonchev–Trinajstić information content (AvgIpc) is 1.99. The molecule has 0 aliphatic heterocycles. The van der Waals surface area contributed by atoms with Gasteiger partial charge in [0.2, 0.25) is 0 Å². The molecule has 0 nitrogen and oxygen atoms in total. The van der Waals surface area contributed by atoms with Crippen molar-refractivity contribution in [3.63, 3.8) is 0 Å². The Balaban J connectivity index is 2.97. The molecule has 1 heteroatoms. The summed E-state index contributed by atoms with van der Waals surface area (Å²) < 4.78 is 0. The zero-order valence-corrected chi connectivity index (χ0v) is 8.75. The number of rotatable bonds is 7. The smallest absolute Gasteiger partial charge is 0.00394 e. The largest absolute Gasteiger partial charge is 0.0941 e. The first kappa shape index (κ1) is 11.4. The van der Waals surface area contributed by atoms with E-state index in [1.807, 2.05) is 0 Å². The molecule has 0 bridgehead atoms. The Labute approximate surface area is 77.2 Å². The Bertz CT molecular complexity index is 71.3. The van der Waals surface area contributed by atoms with Crippen LogP contribution in [0.5, 0.6) is 0 Å². The van der Waals surface area contributed by atoms with Crippen molar-refractivity contribution in [2.45, 2.75) is 52.4 Å². The predicted molar refractivity (Wildman–Crippen MR) is 55.0 cm³/mol. The van der Waals surface area contributed by atoms with Crippen LogP contribution in [0.4, 0.5) is 0 Å². The highest BCUT2D eigenvalue weighted by atomic mass is 32.1. The molecule has 1 atom stereocenters. The van der Waals surface area contributed by atoms with E-state index >= 15 is 0 Å². The highest BCUT2D eigenvalue weighted by Gasteiger charge is 1.99. The van der Waals surface area contributed by atoms with Gasteiger partial charge in [0.25, 0.3) is 0 Å². The Morgan fingerprint density at radius 1 is 1.09 bits per heavy atom. The maximum Gasteiger partial charge on any atom is 0.00394 e. The van der Waals surface area contributed by atoms with Crippen LogP contribution in [0.15, 0.2) is 0 Å². The fourth-order valence-corrected chi connectivity index (χ4v) is 1.67.